The van der Waals surface area contributed by atoms with E-state index in [1.54, 1.807) is 37.8 Å². The largest absolute Gasteiger partial charge is 0.461 e. The second kappa shape index (κ2) is 10.9. The van der Waals surface area contributed by atoms with Crippen LogP contribution in [0.15, 0.2) is 55.2 Å². The summed E-state index contributed by atoms with van der Waals surface area (Å²) in [5.41, 5.74) is 4.47. The van der Waals surface area contributed by atoms with Gasteiger partial charge in [-0.15, -0.1) is 0 Å². The van der Waals surface area contributed by atoms with E-state index in [1.165, 1.54) is 18.4 Å². The number of methoxy groups -OCH3 is 1. The molecule has 0 unspecified atom stereocenters. The van der Waals surface area contributed by atoms with Crippen molar-refractivity contribution in [1.29, 1.82) is 0 Å². The maximum absolute atomic E-state index is 12.9. The fourth-order valence-corrected chi connectivity index (χ4v) is 4.50. The maximum Gasteiger partial charge on any atom is 0.320 e. The molecular formula is C27H27ClN8O3. The van der Waals surface area contributed by atoms with Gasteiger partial charge in [0.25, 0.3) is 0 Å². The number of halogens is 1. The number of anilines is 2. The monoisotopic (exact) mass is 546 g/mol. The van der Waals surface area contributed by atoms with Crippen LogP contribution < -0.4 is 15.4 Å². The minimum absolute atomic E-state index is 0.0492. The Morgan fingerprint density at radius 2 is 1.95 bits per heavy atom. The Bertz CT molecular complexity index is 1650. The Hall–Kier alpha value is -4.22. The highest BCUT2D eigenvalue weighted by Gasteiger charge is 2.23. The molecule has 0 bridgehead atoms. The van der Waals surface area contributed by atoms with Crippen molar-refractivity contribution in [2.24, 2.45) is 0 Å². The Morgan fingerprint density at radius 1 is 1.08 bits per heavy atom. The summed E-state index contributed by atoms with van der Waals surface area (Å²) in [5, 5.41) is 6.67. The van der Waals surface area contributed by atoms with E-state index in [1.807, 2.05) is 10.6 Å². The van der Waals surface area contributed by atoms with Crippen LogP contribution in [0.1, 0.15) is 35.7 Å². The standard InChI is InChI=1S/C27H27ClN8O3/c1-38-8-9-39-27-33-23(29-13-20-15-36-14-18(17-2-3-17)4-5-25(36)31-20)12-24(34-27)32-26(37)11-21-22-10-19(28)6-7-35(22)16-30-21/h4-7,10,12,14-17H,2-3,8-9,11,13H2,1H3,(H2,29,32,33,34,37). The molecule has 0 aromatic carbocycles. The molecule has 5 heterocycles. The Kier molecular flexibility index (Phi) is 6.99. The van der Waals surface area contributed by atoms with Crippen LogP contribution >= 0.6 is 11.6 Å². The smallest absolute Gasteiger partial charge is 0.320 e. The van der Waals surface area contributed by atoms with Crippen LogP contribution in [-0.4, -0.2) is 55.0 Å². The molecule has 6 rings (SSSR count). The highest BCUT2D eigenvalue weighted by atomic mass is 35.5. The molecule has 39 heavy (non-hydrogen) atoms. The third-order valence-corrected chi connectivity index (χ3v) is 6.66. The van der Waals surface area contributed by atoms with Crippen molar-refractivity contribution in [3.63, 3.8) is 0 Å². The van der Waals surface area contributed by atoms with E-state index < -0.39 is 0 Å². The number of nitrogens with one attached hydrogen (secondary N) is 2. The average Bonchev–Trinajstić information content (AvgIpc) is 3.58. The van der Waals surface area contributed by atoms with Crippen LogP contribution in [0.4, 0.5) is 11.6 Å². The van der Waals surface area contributed by atoms with Crippen molar-refractivity contribution < 1.29 is 14.3 Å². The highest BCUT2D eigenvalue weighted by molar-refractivity contribution is 6.30. The van der Waals surface area contributed by atoms with Gasteiger partial charge in [-0.2, -0.15) is 9.97 Å². The third-order valence-electron chi connectivity index (χ3n) is 6.42. The lowest BCUT2D eigenvalue weighted by Gasteiger charge is -2.11. The summed E-state index contributed by atoms with van der Waals surface area (Å²) in [4.78, 5) is 30.7. The number of imidazole rings is 2. The van der Waals surface area contributed by atoms with Gasteiger partial charge in [0.1, 0.15) is 23.9 Å². The van der Waals surface area contributed by atoms with Gasteiger partial charge in [-0.05, 0) is 42.5 Å². The molecule has 5 aromatic heterocycles. The molecule has 1 fully saturated rings. The second-order valence-corrected chi connectivity index (χ2v) is 9.84. The minimum Gasteiger partial charge on any atom is -0.461 e. The summed E-state index contributed by atoms with van der Waals surface area (Å²) in [6.45, 7) is 1.08. The number of amides is 1. The van der Waals surface area contributed by atoms with Crippen molar-refractivity contribution in [2.45, 2.75) is 31.7 Å². The molecule has 1 aliphatic rings. The van der Waals surface area contributed by atoms with Gasteiger partial charge in [-0.25, -0.2) is 9.97 Å². The molecule has 0 saturated heterocycles. The quantitative estimate of drug-likeness (QED) is 0.237. The van der Waals surface area contributed by atoms with Crippen LogP contribution in [0, 0.1) is 0 Å². The van der Waals surface area contributed by atoms with Crippen molar-refractivity contribution in [2.75, 3.05) is 31.0 Å². The minimum atomic E-state index is -0.283. The van der Waals surface area contributed by atoms with Crippen molar-refractivity contribution in [3.05, 3.63) is 77.2 Å². The topological polar surface area (TPSA) is 120 Å². The van der Waals surface area contributed by atoms with Crippen LogP contribution in [0.2, 0.25) is 5.02 Å². The zero-order chi connectivity index (χ0) is 26.8. The molecule has 200 valence electrons. The molecule has 0 radical (unpaired) electrons. The number of carbonyl (C=O) groups is 1. The first-order valence-corrected chi connectivity index (χ1v) is 13.0. The predicted octanol–water partition coefficient (Wildman–Crippen LogP) is 4.12. The van der Waals surface area contributed by atoms with Gasteiger partial charge >= 0.3 is 6.01 Å². The van der Waals surface area contributed by atoms with E-state index in [2.05, 4.69) is 48.3 Å². The average molecular weight is 547 g/mol. The van der Waals surface area contributed by atoms with E-state index in [0.717, 1.165) is 16.9 Å². The van der Waals surface area contributed by atoms with Gasteiger partial charge < -0.3 is 28.9 Å². The van der Waals surface area contributed by atoms with E-state index in [0.29, 0.717) is 41.4 Å². The summed E-state index contributed by atoms with van der Waals surface area (Å²) in [5.74, 6) is 1.18. The van der Waals surface area contributed by atoms with Crippen molar-refractivity contribution in [1.82, 2.24) is 28.7 Å². The van der Waals surface area contributed by atoms with Crippen LogP contribution in [0.3, 0.4) is 0 Å². The van der Waals surface area contributed by atoms with Crippen LogP contribution in [0.5, 0.6) is 6.01 Å². The number of pyridine rings is 2. The number of fused-ring (bicyclic) bond motifs is 2. The number of aromatic nitrogens is 6. The second-order valence-electron chi connectivity index (χ2n) is 9.40. The lowest BCUT2D eigenvalue weighted by atomic mass is 10.2. The highest BCUT2D eigenvalue weighted by Crippen LogP contribution is 2.39. The van der Waals surface area contributed by atoms with Gasteiger partial charge in [0.15, 0.2) is 0 Å². The first-order valence-electron chi connectivity index (χ1n) is 12.7. The molecule has 2 N–H and O–H groups in total. The van der Waals surface area contributed by atoms with E-state index >= 15 is 0 Å². The molecule has 0 aliphatic heterocycles. The number of nitrogens with zero attached hydrogens (tertiary/aromatic N) is 6. The van der Waals surface area contributed by atoms with E-state index in [9.17, 15) is 4.79 Å². The van der Waals surface area contributed by atoms with Gasteiger partial charge in [0.2, 0.25) is 5.91 Å². The predicted molar refractivity (Wildman–Crippen MR) is 146 cm³/mol. The van der Waals surface area contributed by atoms with Crippen molar-refractivity contribution >= 4 is 40.3 Å². The lowest BCUT2D eigenvalue weighted by Crippen LogP contribution is -2.17. The Labute approximate surface area is 229 Å². The van der Waals surface area contributed by atoms with Gasteiger partial charge in [0.05, 0.1) is 42.8 Å². The third kappa shape index (κ3) is 5.94. The maximum atomic E-state index is 12.9. The SMILES string of the molecule is COCCOc1nc(NCc2cn3cc(C4CC4)ccc3n2)cc(NC(=O)Cc2ncn3ccc(Cl)cc23)n1. The van der Waals surface area contributed by atoms with Crippen molar-refractivity contribution in [3.8, 4) is 6.01 Å². The Morgan fingerprint density at radius 3 is 2.79 bits per heavy atom. The number of rotatable bonds is 11. The first kappa shape index (κ1) is 25.1. The summed E-state index contributed by atoms with van der Waals surface area (Å²) < 4.78 is 14.6. The molecule has 1 aliphatic carbocycles. The number of carbonyl (C=O) groups excluding carboxylic acids is 1. The molecule has 0 atom stereocenters. The van der Waals surface area contributed by atoms with Gasteiger partial charge in [0, 0.05) is 36.8 Å². The first-order chi connectivity index (χ1) is 19.0. The van der Waals surface area contributed by atoms with Crippen LogP contribution in [0.25, 0.3) is 11.2 Å². The van der Waals surface area contributed by atoms with Gasteiger partial charge in [-0.1, -0.05) is 17.7 Å². The summed E-state index contributed by atoms with van der Waals surface area (Å²) in [6.07, 6.45) is 10.2. The van der Waals surface area contributed by atoms with Gasteiger partial charge in [-0.3, -0.25) is 4.79 Å². The zero-order valence-corrected chi connectivity index (χ0v) is 22.1. The lowest BCUT2D eigenvalue weighted by molar-refractivity contribution is -0.115. The molecule has 1 amide bonds. The van der Waals surface area contributed by atoms with Crippen LogP contribution in [-0.2, 0) is 22.5 Å². The fourth-order valence-electron chi connectivity index (χ4n) is 4.34. The van der Waals surface area contributed by atoms with E-state index in [4.69, 9.17) is 26.1 Å². The Balaban J connectivity index is 1.17. The normalized spacial score (nSPS) is 13.2. The molecule has 1 saturated carbocycles. The molecule has 12 heteroatoms. The summed E-state index contributed by atoms with van der Waals surface area (Å²) in [7, 11) is 1.59. The summed E-state index contributed by atoms with van der Waals surface area (Å²) in [6, 6.07) is 9.52. The van der Waals surface area contributed by atoms with E-state index in [-0.39, 0.29) is 24.9 Å². The molecule has 0 spiro atoms. The number of hydrogen-bond donors (Lipinski definition) is 2. The number of hydrogen-bond acceptors (Lipinski definition) is 8. The summed E-state index contributed by atoms with van der Waals surface area (Å²) >= 11 is 6.13. The number of ether oxygens (including phenoxy) is 2. The zero-order valence-electron chi connectivity index (χ0n) is 21.3. The molecule has 5 aromatic rings. The molecular weight excluding hydrogens is 520 g/mol. The molecule has 11 nitrogen and oxygen atoms in total. The fraction of sp³-hybridized carbons (Fsp3) is 0.296.